The van der Waals surface area contributed by atoms with E-state index in [2.05, 4.69) is 30.0 Å². The highest BCUT2D eigenvalue weighted by molar-refractivity contribution is 5.94. The minimum Gasteiger partial charge on any atom is -0.508 e. The number of nitrogens with zero attached hydrogens (tertiary/aromatic N) is 6. The van der Waals surface area contributed by atoms with E-state index in [9.17, 15) is 19.8 Å². The van der Waals surface area contributed by atoms with E-state index in [0.717, 1.165) is 40.7 Å². The molecule has 13 heteroatoms. The molecule has 1 aliphatic rings. The Bertz CT molecular complexity index is 2190. The molecule has 0 saturated carbocycles. The second-order valence-corrected chi connectivity index (χ2v) is 12.6. The van der Waals surface area contributed by atoms with Gasteiger partial charge >= 0.3 is 5.69 Å². The largest absolute Gasteiger partial charge is 0.508 e. The second-order valence-electron chi connectivity index (χ2n) is 12.6. The number of fused-ring (bicyclic) bond motifs is 1. The molecule has 1 fully saturated rings. The van der Waals surface area contributed by atoms with Gasteiger partial charge in [0.05, 0.1) is 11.3 Å². The first-order valence-corrected chi connectivity index (χ1v) is 16.2. The van der Waals surface area contributed by atoms with Crippen LogP contribution in [0.5, 0.6) is 11.5 Å². The van der Waals surface area contributed by atoms with Crippen LogP contribution in [-0.2, 0) is 12.8 Å². The fourth-order valence-corrected chi connectivity index (χ4v) is 6.39. The summed E-state index contributed by atoms with van der Waals surface area (Å²) in [5, 5.41) is 28.5. The van der Waals surface area contributed by atoms with E-state index < -0.39 is 5.69 Å². The Morgan fingerprint density at radius 1 is 0.939 bits per heavy atom. The molecule has 250 valence electrons. The number of anilines is 2. The van der Waals surface area contributed by atoms with Crippen molar-refractivity contribution >= 4 is 28.6 Å². The van der Waals surface area contributed by atoms with Crippen LogP contribution in [0, 0.1) is 0 Å². The number of aromatic nitrogens is 6. The molecule has 1 amide bonds. The lowest BCUT2D eigenvalue weighted by atomic mass is 9.98. The third-order valence-corrected chi connectivity index (χ3v) is 9.14. The van der Waals surface area contributed by atoms with Crippen molar-refractivity contribution in [1.29, 1.82) is 0 Å². The number of hydrogen-bond donors (Lipinski definition) is 5. The van der Waals surface area contributed by atoms with Crippen molar-refractivity contribution in [2.45, 2.75) is 32.6 Å². The summed E-state index contributed by atoms with van der Waals surface area (Å²) in [6.45, 7) is 6.36. The number of aromatic amines is 2. The van der Waals surface area contributed by atoms with Crippen LogP contribution < -0.4 is 16.3 Å². The van der Waals surface area contributed by atoms with Crippen LogP contribution in [0.1, 0.15) is 46.8 Å². The van der Waals surface area contributed by atoms with E-state index in [-0.39, 0.29) is 35.1 Å². The van der Waals surface area contributed by atoms with Crippen LogP contribution in [0.25, 0.3) is 28.1 Å². The molecular formula is C36H37N9O4. The zero-order chi connectivity index (χ0) is 34.2. The number of phenols is 2. The van der Waals surface area contributed by atoms with Crippen molar-refractivity contribution in [3.8, 4) is 28.6 Å². The molecule has 1 saturated heterocycles. The molecule has 6 aromatic rings. The average Bonchev–Trinajstić information content (AvgIpc) is 3.69. The number of aromatic hydroxyl groups is 2. The maximum atomic E-state index is 13.3. The number of aryl methyl sites for hydroxylation is 2. The highest BCUT2D eigenvalue weighted by atomic mass is 16.3. The van der Waals surface area contributed by atoms with Gasteiger partial charge in [0.15, 0.2) is 5.82 Å². The maximum absolute atomic E-state index is 13.3. The van der Waals surface area contributed by atoms with Crippen LogP contribution in [0.2, 0.25) is 0 Å². The Hall–Kier alpha value is -6.11. The molecule has 0 radical (unpaired) electrons. The topological polar surface area (TPSA) is 182 Å². The zero-order valence-corrected chi connectivity index (χ0v) is 27.2. The van der Waals surface area contributed by atoms with Crippen molar-refractivity contribution in [2.75, 3.05) is 36.8 Å². The Labute approximate surface area is 281 Å². The molecule has 0 aliphatic carbocycles. The van der Waals surface area contributed by atoms with Crippen LogP contribution in [-0.4, -0.2) is 76.9 Å². The van der Waals surface area contributed by atoms with Crippen LogP contribution in [0.4, 0.5) is 11.6 Å². The lowest BCUT2D eigenvalue weighted by Crippen LogP contribution is -2.48. The van der Waals surface area contributed by atoms with Crippen molar-refractivity contribution in [2.24, 2.45) is 0 Å². The van der Waals surface area contributed by atoms with Gasteiger partial charge < -0.3 is 30.7 Å². The number of benzene rings is 3. The van der Waals surface area contributed by atoms with E-state index >= 15 is 0 Å². The lowest BCUT2D eigenvalue weighted by Gasteiger charge is -2.36. The molecule has 13 nitrogen and oxygen atoms in total. The standard InChI is InChI=1S/C36H37N9O4/c1-21(2)27-17-28(31(47)18-30(27)46)33-41-42-36(49)45(33)26-11-9-25(10-12-26)43-13-15-44(16-14-43)34(48)23-6-3-22(4-7-23)5-8-24-19-38-32-29(24)20-39-35(37)40-32/h3-4,6-7,9-12,17-21,46-47H,5,8,13-16H2,1-2H3,(H,42,49)(H3,37,38,39,40). The maximum Gasteiger partial charge on any atom is 0.348 e. The molecule has 4 heterocycles. The minimum absolute atomic E-state index is 0.000695. The summed E-state index contributed by atoms with van der Waals surface area (Å²) in [5.41, 5.74) is 11.4. The van der Waals surface area contributed by atoms with Crippen LogP contribution in [0.15, 0.2) is 77.9 Å². The summed E-state index contributed by atoms with van der Waals surface area (Å²) < 4.78 is 1.40. The van der Waals surface area contributed by atoms with Gasteiger partial charge in [-0.05, 0) is 77.9 Å². The number of nitrogen functional groups attached to an aromatic ring is 1. The Balaban J connectivity index is 0.975. The summed E-state index contributed by atoms with van der Waals surface area (Å²) in [7, 11) is 0. The number of amides is 1. The van der Waals surface area contributed by atoms with Gasteiger partial charge in [0.2, 0.25) is 5.95 Å². The van der Waals surface area contributed by atoms with Gasteiger partial charge in [-0.2, -0.15) is 10.1 Å². The van der Waals surface area contributed by atoms with Gasteiger partial charge in [0.25, 0.3) is 5.91 Å². The summed E-state index contributed by atoms with van der Waals surface area (Å²) in [4.78, 5) is 41.7. The lowest BCUT2D eigenvalue weighted by molar-refractivity contribution is 0.0746. The van der Waals surface area contributed by atoms with Crippen LogP contribution >= 0.6 is 0 Å². The number of nitrogens with one attached hydrogen (secondary N) is 2. The predicted octanol–water partition coefficient (Wildman–Crippen LogP) is 4.36. The first-order valence-electron chi connectivity index (χ1n) is 16.2. The number of carbonyl (C=O) groups excluding carboxylic acids is 1. The monoisotopic (exact) mass is 659 g/mol. The quantitative estimate of drug-likeness (QED) is 0.159. The highest BCUT2D eigenvalue weighted by Crippen LogP contribution is 2.37. The summed E-state index contributed by atoms with van der Waals surface area (Å²) in [6, 6.07) is 18.3. The molecule has 7 rings (SSSR count). The number of piperazine rings is 1. The van der Waals surface area contributed by atoms with Crippen molar-refractivity contribution in [3.63, 3.8) is 0 Å². The summed E-state index contributed by atoms with van der Waals surface area (Å²) >= 11 is 0. The fourth-order valence-electron chi connectivity index (χ4n) is 6.39. The number of nitrogens with two attached hydrogens (primary N) is 1. The van der Waals surface area contributed by atoms with Gasteiger partial charge in [-0.25, -0.2) is 19.4 Å². The molecule has 3 aromatic carbocycles. The van der Waals surface area contributed by atoms with E-state index in [0.29, 0.717) is 48.6 Å². The third kappa shape index (κ3) is 6.18. The summed E-state index contributed by atoms with van der Waals surface area (Å²) in [5.74, 6) is 0.310. The highest BCUT2D eigenvalue weighted by Gasteiger charge is 2.24. The normalized spacial score (nSPS) is 13.4. The van der Waals surface area contributed by atoms with Crippen molar-refractivity contribution < 1.29 is 15.0 Å². The zero-order valence-electron chi connectivity index (χ0n) is 27.2. The predicted molar refractivity (Wildman–Crippen MR) is 187 cm³/mol. The van der Waals surface area contributed by atoms with E-state index in [4.69, 9.17) is 5.73 Å². The second kappa shape index (κ2) is 12.8. The van der Waals surface area contributed by atoms with E-state index in [1.807, 2.05) is 73.5 Å². The Morgan fingerprint density at radius 2 is 1.65 bits per heavy atom. The van der Waals surface area contributed by atoms with E-state index in [1.165, 1.54) is 10.6 Å². The number of carbonyl (C=O) groups is 1. The molecule has 6 N–H and O–H groups in total. The van der Waals surface area contributed by atoms with Crippen molar-refractivity contribution in [3.05, 3.63) is 106 Å². The van der Waals surface area contributed by atoms with Gasteiger partial charge in [0.1, 0.15) is 17.1 Å². The van der Waals surface area contributed by atoms with Gasteiger partial charge in [0, 0.05) is 61.3 Å². The Morgan fingerprint density at radius 3 is 2.37 bits per heavy atom. The molecular weight excluding hydrogens is 622 g/mol. The first kappa shape index (κ1) is 31.5. The number of H-pyrrole nitrogens is 2. The number of rotatable bonds is 8. The Kier molecular flexibility index (Phi) is 8.24. The summed E-state index contributed by atoms with van der Waals surface area (Å²) in [6.07, 6.45) is 5.31. The van der Waals surface area contributed by atoms with E-state index in [1.54, 1.807) is 12.3 Å². The minimum atomic E-state index is -0.447. The smallest absolute Gasteiger partial charge is 0.348 e. The fraction of sp³-hybridized carbons (Fsp3) is 0.250. The molecule has 1 aliphatic heterocycles. The number of hydrogen-bond acceptors (Lipinski definition) is 9. The SMILES string of the molecule is CC(C)c1cc(-c2n[nH]c(=O)n2-c2ccc(N3CCN(C(=O)c4ccc(CCc5c[nH]c6nc(N)ncc56)cc4)CC3)cc2)c(O)cc1O. The van der Waals surface area contributed by atoms with Gasteiger partial charge in [-0.15, -0.1) is 0 Å². The first-order chi connectivity index (χ1) is 23.7. The van der Waals surface area contributed by atoms with Gasteiger partial charge in [-0.3, -0.25) is 4.79 Å². The average molecular weight is 660 g/mol. The van der Waals surface area contributed by atoms with Crippen LogP contribution in [0.3, 0.4) is 0 Å². The van der Waals surface area contributed by atoms with Crippen molar-refractivity contribution in [1.82, 2.24) is 34.6 Å². The van der Waals surface area contributed by atoms with Gasteiger partial charge in [-0.1, -0.05) is 26.0 Å². The third-order valence-electron chi connectivity index (χ3n) is 9.14. The molecule has 0 bridgehead atoms. The molecule has 3 aromatic heterocycles. The molecule has 49 heavy (non-hydrogen) atoms. The molecule has 0 spiro atoms. The molecule has 0 unspecified atom stereocenters. The molecule has 0 atom stereocenters. The number of phenolic OH excluding ortho intramolecular Hbond substituents is 2.